The maximum absolute atomic E-state index is 13.5. The summed E-state index contributed by atoms with van der Waals surface area (Å²) in [7, 11) is 0. The summed E-state index contributed by atoms with van der Waals surface area (Å²) < 4.78 is 46.2. The van der Waals surface area contributed by atoms with Crippen LogP contribution in [0.15, 0.2) is 63.5 Å². The van der Waals surface area contributed by atoms with Crippen LogP contribution in [-0.2, 0) is 6.18 Å². The lowest BCUT2D eigenvalue weighted by molar-refractivity contribution is -0.153. The molecule has 0 unspecified atom stereocenters. The van der Waals surface area contributed by atoms with Gasteiger partial charge in [0.15, 0.2) is 0 Å². The van der Waals surface area contributed by atoms with Gasteiger partial charge in [-0.3, -0.25) is 4.79 Å². The van der Waals surface area contributed by atoms with E-state index in [1.165, 1.54) is 0 Å². The van der Waals surface area contributed by atoms with Gasteiger partial charge in [0, 0.05) is 34.5 Å². The molecule has 0 saturated heterocycles. The first kappa shape index (κ1) is 22.0. The molecule has 0 saturated carbocycles. The Labute approximate surface area is 180 Å². The number of benzene rings is 2. The molecule has 0 aliphatic heterocycles. The van der Waals surface area contributed by atoms with Gasteiger partial charge in [-0.05, 0) is 56.3 Å². The SMILES string of the molecule is CCN(CC)c1ccc(NC(=O)c2cc(-c3ccc(Br)cc3)oc2C(F)(F)F)cc1. The minimum absolute atomic E-state index is 0.0307. The Kier molecular flexibility index (Phi) is 6.55. The van der Waals surface area contributed by atoms with Gasteiger partial charge in [-0.25, -0.2) is 0 Å². The zero-order chi connectivity index (χ0) is 21.9. The van der Waals surface area contributed by atoms with Crippen molar-refractivity contribution >= 4 is 33.2 Å². The number of nitrogens with zero attached hydrogens (tertiary/aromatic N) is 1. The maximum atomic E-state index is 13.5. The number of carbonyl (C=O) groups excluding carboxylic acids is 1. The molecule has 30 heavy (non-hydrogen) atoms. The summed E-state index contributed by atoms with van der Waals surface area (Å²) in [6, 6.07) is 14.7. The Bertz CT molecular complexity index is 1010. The molecule has 0 fully saturated rings. The number of amides is 1. The van der Waals surface area contributed by atoms with E-state index in [4.69, 9.17) is 4.42 Å². The molecular weight excluding hydrogens is 461 g/mol. The number of anilines is 2. The standard InChI is InChI=1S/C22H20BrF3N2O2/c1-3-28(4-2)17-11-9-16(10-12-17)27-21(29)18-13-19(30-20(18)22(24,25)26)14-5-7-15(23)8-6-14/h5-13H,3-4H2,1-2H3,(H,27,29). The third kappa shape index (κ3) is 4.87. The van der Waals surface area contributed by atoms with E-state index in [1.54, 1.807) is 36.4 Å². The fourth-order valence-electron chi connectivity index (χ4n) is 3.07. The Morgan fingerprint density at radius 1 is 1.03 bits per heavy atom. The Morgan fingerprint density at radius 2 is 1.63 bits per heavy atom. The smallest absolute Gasteiger partial charge is 0.450 e. The highest BCUT2D eigenvalue weighted by atomic mass is 79.9. The number of carbonyl (C=O) groups is 1. The normalized spacial score (nSPS) is 11.4. The Morgan fingerprint density at radius 3 is 2.17 bits per heavy atom. The van der Waals surface area contributed by atoms with Crippen molar-refractivity contribution in [2.24, 2.45) is 0 Å². The molecule has 1 heterocycles. The fraction of sp³-hybridized carbons (Fsp3) is 0.227. The van der Waals surface area contributed by atoms with Crippen LogP contribution in [0.4, 0.5) is 24.5 Å². The molecule has 3 rings (SSSR count). The quantitative estimate of drug-likeness (QED) is 0.420. The monoisotopic (exact) mass is 480 g/mol. The molecule has 0 aliphatic rings. The van der Waals surface area contributed by atoms with Crippen molar-refractivity contribution in [2.45, 2.75) is 20.0 Å². The van der Waals surface area contributed by atoms with E-state index >= 15 is 0 Å². The molecule has 8 heteroatoms. The van der Waals surface area contributed by atoms with Crippen LogP contribution in [0.25, 0.3) is 11.3 Å². The van der Waals surface area contributed by atoms with E-state index in [0.29, 0.717) is 11.3 Å². The van der Waals surface area contributed by atoms with Gasteiger partial charge in [-0.15, -0.1) is 0 Å². The van der Waals surface area contributed by atoms with Crippen LogP contribution in [-0.4, -0.2) is 19.0 Å². The predicted octanol–water partition coefficient (Wildman–Crippen LogP) is 6.83. The highest BCUT2D eigenvalue weighted by molar-refractivity contribution is 9.10. The number of alkyl halides is 3. The molecule has 1 N–H and O–H groups in total. The molecule has 4 nitrogen and oxygen atoms in total. The van der Waals surface area contributed by atoms with E-state index < -0.39 is 23.4 Å². The highest BCUT2D eigenvalue weighted by Gasteiger charge is 2.40. The van der Waals surface area contributed by atoms with Gasteiger partial charge in [0.05, 0.1) is 5.56 Å². The number of nitrogens with one attached hydrogen (secondary N) is 1. The second-order valence-corrected chi connectivity index (χ2v) is 7.45. The molecule has 158 valence electrons. The average Bonchev–Trinajstić information content (AvgIpc) is 3.17. The van der Waals surface area contributed by atoms with Gasteiger partial charge in [-0.1, -0.05) is 28.1 Å². The average molecular weight is 481 g/mol. The topological polar surface area (TPSA) is 45.5 Å². The van der Waals surface area contributed by atoms with Crippen molar-refractivity contribution in [3.8, 4) is 11.3 Å². The number of hydrogen-bond donors (Lipinski definition) is 1. The number of hydrogen-bond acceptors (Lipinski definition) is 3. The third-order valence-electron chi connectivity index (χ3n) is 4.62. The molecular formula is C22H20BrF3N2O2. The minimum Gasteiger partial charge on any atom is -0.451 e. The van der Waals surface area contributed by atoms with Crippen molar-refractivity contribution in [2.75, 3.05) is 23.3 Å². The van der Waals surface area contributed by atoms with E-state index in [1.807, 2.05) is 26.0 Å². The summed E-state index contributed by atoms with van der Waals surface area (Å²) in [6.07, 6.45) is -4.80. The summed E-state index contributed by atoms with van der Waals surface area (Å²) in [5.41, 5.74) is 1.24. The van der Waals surface area contributed by atoms with Gasteiger partial charge in [-0.2, -0.15) is 13.2 Å². The molecule has 1 amide bonds. The third-order valence-corrected chi connectivity index (χ3v) is 5.15. The summed E-state index contributed by atoms with van der Waals surface area (Å²) in [4.78, 5) is 14.7. The Balaban J connectivity index is 1.88. The molecule has 0 radical (unpaired) electrons. The van der Waals surface area contributed by atoms with Crippen molar-refractivity contribution in [1.29, 1.82) is 0 Å². The number of furan rings is 1. The second kappa shape index (κ2) is 8.95. The molecule has 0 spiro atoms. The van der Waals surface area contributed by atoms with Crippen molar-refractivity contribution in [3.63, 3.8) is 0 Å². The lowest BCUT2D eigenvalue weighted by Crippen LogP contribution is -2.21. The van der Waals surface area contributed by atoms with Crippen LogP contribution < -0.4 is 10.2 Å². The van der Waals surface area contributed by atoms with E-state index in [9.17, 15) is 18.0 Å². The maximum Gasteiger partial charge on any atom is 0.450 e. The van der Waals surface area contributed by atoms with Gasteiger partial charge in [0.2, 0.25) is 5.76 Å². The lowest BCUT2D eigenvalue weighted by Gasteiger charge is -2.21. The molecule has 2 aromatic carbocycles. The summed E-state index contributed by atoms with van der Waals surface area (Å²) >= 11 is 3.27. The number of halogens is 4. The second-order valence-electron chi connectivity index (χ2n) is 6.53. The van der Waals surface area contributed by atoms with Gasteiger partial charge in [0.1, 0.15) is 5.76 Å². The van der Waals surface area contributed by atoms with E-state index in [-0.39, 0.29) is 5.76 Å². The van der Waals surface area contributed by atoms with Crippen LogP contribution in [0.1, 0.15) is 30.0 Å². The number of rotatable bonds is 6. The van der Waals surface area contributed by atoms with E-state index in [0.717, 1.165) is 29.3 Å². The van der Waals surface area contributed by atoms with Crippen molar-refractivity contribution < 1.29 is 22.4 Å². The molecule has 0 aliphatic carbocycles. The van der Waals surface area contributed by atoms with Gasteiger partial charge in [0.25, 0.3) is 5.91 Å². The van der Waals surface area contributed by atoms with Crippen LogP contribution in [0.2, 0.25) is 0 Å². The first-order valence-corrected chi connectivity index (χ1v) is 10.2. The van der Waals surface area contributed by atoms with Crippen LogP contribution in [0, 0.1) is 0 Å². The molecule has 3 aromatic rings. The first-order valence-electron chi connectivity index (χ1n) is 9.36. The fourth-order valence-corrected chi connectivity index (χ4v) is 3.33. The molecule has 0 atom stereocenters. The first-order chi connectivity index (χ1) is 14.2. The largest absolute Gasteiger partial charge is 0.451 e. The molecule has 1 aromatic heterocycles. The molecule has 0 bridgehead atoms. The zero-order valence-electron chi connectivity index (χ0n) is 16.4. The van der Waals surface area contributed by atoms with Crippen LogP contribution >= 0.6 is 15.9 Å². The summed E-state index contributed by atoms with van der Waals surface area (Å²) in [5.74, 6) is -2.24. The summed E-state index contributed by atoms with van der Waals surface area (Å²) in [6.45, 7) is 5.70. The highest BCUT2D eigenvalue weighted by Crippen LogP contribution is 2.37. The summed E-state index contributed by atoms with van der Waals surface area (Å²) in [5, 5.41) is 2.52. The zero-order valence-corrected chi connectivity index (χ0v) is 18.0. The van der Waals surface area contributed by atoms with Crippen LogP contribution in [0.3, 0.4) is 0 Å². The van der Waals surface area contributed by atoms with E-state index in [2.05, 4.69) is 26.1 Å². The Hall–Kier alpha value is -2.74. The minimum atomic E-state index is -4.80. The van der Waals surface area contributed by atoms with Crippen LogP contribution in [0.5, 0.6) is 0 Å². The van der Waals surface area contributed by atoms with Crippen molar-refractivity contribution in [3.05, 3.63) is 70.4 Å². The lowest BCUT2D eigenvalue weighted by atomic mass is 10.1. The van der Waals surface area contributed by atoms with Gasteiger partial charge >= 0.3 is 6.18 Å². The predicted molar refractivity (Wildman–Crippen MR) is 115 cm³/mol. The van der Waals surface area contributed by atoms with Crippen molar-refractivity contribution in [1.82, 2.24) is 0 Å². The van der Waals surface area contributed by atoms with Gasteiger partial charge < -0.3 is 14.6 Å².